The van der Waals surface area contributed by atoms with Crippen molar-refractivity contribution in [3.8, 4) is 5.75 Å². The van der Waals surface area contributed by atoms with Gasteiger partial charge in [-0.05, 0) is 62.4 Å². The summed E-state index contributed by atoms with van der Waals surface area (Å²) in [5, 5.41) is 7.81. The first-order valence-corrected chi connectivity index (χ1v) is 10.2. The highest BCUT2D eigenvalue weighted by atomic mass is 35.5. The van der Waals surface area contributed by atoms with Crippen molar-refractivity contribution in [1.29, 1.82) is 0 Å². The average Bonchev–Trinajstić information content (AvgIpc) is 2.70. The molecule has 28 heavy (non-hydrogen) atoms. The standard InChI is InChI=1S/C21H30ClN5O/c1-27(2)20-10-11-24-21(26-20)25-18-7-4-15(5-8-18)13-23-14-16-12-17(22)6-9-19(16)28-3/h6,9-12,15,18,23H,4-5,7-8,13-14H2,1-3H3,(H,24,25,26). The molecule has 0 unspecified atom stereocenters. The molecule has 1 aromatic carbocycles. The van der Waals surface area contributed by atoms with Crippen molar-refractivity contribution in [3.05, 3.63) is 41.0 Å². The Morgan fingerprint density at radius 3 is 2.68 bits per heavy atom. The van der Waals surface area contributed by atoms with Crippen LogP contribution in [0.3, 0.4) is 0 Å². The first kappa shape index (κ1) is 20.7. The molecule has 7 heteroatoms. The fraction of sp³-hybridized carbons (Fsp3) is 0.524. The molecule has 152 valence electrons. The number of methoxy groups -OCH3 is 1. The average molecular weight is 404 g/mol. The number of benzene rings is 1. The van der Waals surface area contributed by atoms with E-state index < -0.39 is 0 Å². The molecule has 2 aromatic rings. The molecule has 0 atom stereocenters. The first-order valence-electron chi connectivity index (χ1n) is 9.85. The predicted octanol–water partition coefficient (Wildman–Crippen LogP) is 3.97. The normalized spacial score (nSPS) is 19.3. The molecule has 0 saturated heterocycles. The summed E-state index contributed by atoms with van der Waals surface area (Å²) < 4.78 is 5.41. The number of rotatable bonds is 8. The lowest BCUT2D eigenvalue weighted by atomic mass is 9.86. The Hall–Kier alpha value is -2.05. The summed E-state index contributed by atoms with van der Waals surface area (Å²) >= 11 is 6.11. The van der Waals surface area contributed by atoms with Gasteiger partial charge in [-0.2, -0.15) is 4.98 Å². The van der Waals surface area contributed by atoms with Crippen LogP contribution in [-0.4, -0.2) is 43.8 Å². The van der Waals surface area contributed by atoms with Gasteiger partial charge in [0.05, 0.1) is 7.11 Å². The van der Waals surface area contributed by atoms with Gasteiger partial charge in [0.2, 0.25) is 5.95 Å². The van der Waals surface area contributed by atoms with E-state index in [1.807, 2.05) is 49.5 Å². The molecule has 2 N–H and O–H groups in total. The number of ether oxygens (including phenoxy) is 1. The first-order chi connectivity index (χ1) is 13.5. The van der Waals surface area contributed by atoms with Crippen LogP contribution in [0.1, 0.15) is 31.2 Å². The van der Waals surface area contributed by atoms with E-state index in [1.165, 1.54) is 12.8 Å². The van der Waals surface area contributed by atoms with Crippen molar-refractivity contribution in [2.24, 2.45) is 5.92 Å². The summed E-state index contributed by atoms with van der Waals surface area (Å²) in [6, 6.07) is 8.11. The molecule has 0 amide bonds. The van der Waals surface area contributed by atoms with Crippen LogP contribution in [0.2, 0.25) is 5.02 Å². The molecule has 1 saturated carbocycles. The van der Waals surface area contributed by atoms with E-state index >= 15 is 0 Å². The number of halogens is 1. The van der Waals surface area contributed by atoms with Crippen molar-refractivity contribution in [2.75, 3.05) is 38.0 Å². The monoisotopic (exact) mass is 403 g/mol. The van der Waals surface area contributed by atoms with E-state index in [-0.39, 0.29) is 0 Å². The van der Waals surface area contributed by atoms with Crippen LogP contribution >= 0.6 is 11.6 Å². The maximum Gasteiger partial charge on any atom is 0.224 e. The SMILES string of the molecule is COc1ccc(Cl)cc1CNCC1CCC(Nc2nccc(N(C)C)n2)CC1. The Labute approximate surface area is 172 Å². The third-order valence-electron chi connectivity index (χ3n) is 5.27. The second-order valence-electron chi connectivity index (χ2n) is 7.58. The van der Waals surface area contributed by atoms with Crippen LogP contribution in [0, 0.1) is 5.92 Å². The third kappa shape index (κ3) is 5.72. The highest BCUT2D eigenvalue weighted by Gasteiger charge is 2.21. The van der Waals surface area contributed by atoms with Gasteiger partial charge in [-0.1, -0.05) is 11.6 Å². The minimum atomic E-state index is 0.446. The van der Waals surface area contributed by atoms with E-state index in [4.69, 9.17) is 16.3 Å². The molecule has 0 bridgehead atoms. The zero-order chi connectivity index (χ0) is 19.9. The molecule has 1 aliphatic rings. The lowest BCUT2D eigenvalue weighted by molar-refractivity contribution is 0.322. The second-order valence-corrected chi connectivity index (χ2v) is 8.02. The summed E-state index contributed by atoms with van der Waals surface area (Å²) in [5.74, 6) is 3.22. The van der Waals surface area contributed by atoms with E-state index in [0.717, 1.165) is 54.0 Å². The number of anilines is 2. The summed E-state index contributed by atoms with van der Waals surface area (Å²) in [5.41, 5.74) is 1.10. The third-order valence-corrected chi connectivity index (χ3v) is 5.51. The summed E-state index contributed by atoms with van der Waals surface area (Å²) in [4.78, 5) is 10.9. The Morgan fingerprint density at radius 1 is 1.18 bits per heavy atom. The lowest BCUT2D eigenvalue weighted by Crippen LogP contribution is -2.31. The largest absolute Gasteiger partial charge is 0.496 e. The Kier molecular flexibility index (Phi) is 7.34. The number of nitrogens with zero attached hydrogens (tertiary/aromatic N) is 3. The van der Waals surface area contributed by atoms with Gasteiger partial charge in [0.15, 0.2) is 0 Å². The number of aromatic nitrogens is 2. The highest BCUT2D eigenvalue weighted by molar-refractivity contribution is 6.30. The Balaban J connectivity index is 1.42. The van der Waals surface area contributed by atoms with Crippen molar-refractivity contribution in [3.63, 3.8) is 0 Å². The van der Waals surface area contributed by atoms with Crippen molar-refractivity contribution in [2.45, 2.75) is 38.3 Å². The van der Waals surface area contributed by atoms with Crippen LogP contribution in [0.4, 0.5) is 11.8 Å². The molecular formula is C21H30ClN5O. The zero-order valence-electron chi connectivity index (χ0n) is 16.9. The highest BCUT2D eigenvalue weighted by Crippen LogP contribution is 2.26. The summed E-state index contributed by atoms with van der Waals surface area (Å²) in [7, 11) is 5.67. The molecular weight excluding hydrogens is 374 g/mol. The Morgan fingerprint density at radius 2 is 1.96 bits per heavy atom. The molecule has 1 aromatic heterocycles. The van der Waals surface area contributed by atoms with Crippen LogP contribution in [-0.2, 0) is 6.54 Å². The minimum absolute atomic E-state index is 0.446. The second kappa shape index (κ2) is 9.94. The van der Waals surface area contributed by atoms with Gasteiger partial charge in [0, 0.05) is 43.5 Å². The summed E-state index contributed by atoms with van der Waals surface area (Å²) in [6.07, 6.45) is 6.49. The molecule has 0 aliphatic heterocycles. The number of nitrogens with one attached hydrogen (secondary N) is 2. The van der Waals surface area contributed by atoms with Gasteiger partial charge < -0.3 is 20.3 Å². The van der Waals surface area contributed by atoms with Crippen molar-refractivity contribution in [1.82, 2.24) is 15.3 Å². The van der Waals surface area contributed by atoms with Crippen LogP contribution in [0.15, 0.2) is 30.5 Å². The lowest BCUT2D eigenvalue weighted by Gasteiger charge is -2.29. The van der Waals surface area contributed by atoms with Gasteiger partial charge in [0.1, 0.15) is 11.6 Å². The number of hydrogen-bond acceptors (Lipinski definition) is 6. The quantitative estimate of drug-likeness (QED) is 0.695. The Bertz CT molecular complexity index is 762. The number of hydrogen-bond donors (Lipinski definition) is 2. The van der Waals surface area contributed by atoms with Crippen LogP contribution < -0.4 is 20.3 Å². The zero-order valence-corrected chi connectivity index (χ0v) is 17.7. The molecule has 1 fully saturated rings. The maximum absolute atomic E-state index is 6.11. The molecule has 0 radical (unpaired) electrons. The van der Waals surface area contributed by atoms with Crippen molar-refractivity contribution >= 4 is 23.4 Å². The van der Waals surface area contributed by atoms with Gasteiger partial charge in [-0.15, -0.1) is 0 Å². The van der Waals surface area contributed by atoms with E-state index in [0.29, 0.717) is 12.0 Å². The molecule has 1 aliphatic carbocycles. The molecule has 6 nitrogen and oxygen atoms in total. The van der Waals surface area contributed by atoms with Crippen LogP contribution in [0.5, 0.6) is 5.75 Å². The molecule has 1 heterocycles. The van der Waals surface area contributed by atoms with E-state index in [1.54, 1.807) is 7.11 Å². The smallest absolute Gasteiger partial charge is 0.224 e. The van der Waals surface area contributed by atoms with E-state index in [9.17, 15) is 0 Å². The van der Waals surface area contributed by atoms with Crippen LogP contribution in [0.25, 0.3) is 0 Å². The summed E-state index contributed by atoms with van der Waals surface area (Å²) in [6.45, 7) is 1.78. The fourth-order valence-corrected chi connectivity index (χ4v) is 3.85. The fourth-order valence-electron chi connectivity index (χ4n) is 3.66. The van der Waals surface area contributed by atoms with Gasteiger partial charge in [-0.3, -0.25) is 0 Å². The van der Waals surface area contributed by atoms with Gasteiger partial charge >= 0.3 is 0 Å². The van der Waals surface area contributed by atoms with Crippen molar-refractivity contribution < 1.29 is 4.74 Å². The molecule has 0 spiro atoms. The minimum Gasteiger partial charge on any atom is -0.496 e. The topological polar surface area (TPSA) is 62.3 Å². The van der Waals surface area contributed by atoms with E-state index in [2.05, 4.69) is 20.6 Å². The van der Waals surface area contributed by atoms with Gasteiger partial charge in [-0.25, -0.2) is 4.98 Å². The predicted molar refractivity (Wildman–Crippen MR) is 115 cm³/mol. The molecule has 3 rings (SSSR count). The maximum atomic E-state index is 6.11. The van der Waals surface area contributed by atoms with Gasteiger partial charge in [0.25, 0.3) is 0 Å².